The Morgan fingerprint density at radius 1 is 0.864 bits per heavy atom. The third-order valence-corrected chi connectivity index (χ3v) is 29.4. The SMILES string of the molecule is CCC1=[C]([Hf+2]([C]2=C(CC)C(C)=CC2)=[Si](C)C)CC=C1C.[Cl-].[Cl-]. The van der Waals surface area contributed by atoms with Gasteiger partial charge in [0, 0.05) is 0 Å². The Hall–Kier alpha value is 0.627. The Kier molecular flexibility index (Phi) is 10.1. The molecule has 0 aromatic rings. The molecule has 0 aromatic carbocycles. The zero-order valence-electron chi connectivity index (χ0n) is 14.7. The van der Waals surface area contributed by atoms with Gasteiger partial charge in [0.05, 0.1) is 0 Å². The van der Waals surface area contributed by atoms with E-state index in [1.165, 1.54) is 25.7 Å². The smallest absolute Gasteiger partial charge is 1.00 e. The minimum Gasteiger partial charge on any atom is -1.00 e. The van der Waals surface area contributed by atoms with Gasteiger partial charge in [-0.3, -0.25) is 0 Å². The molecule has 0 saturated carbocycles. The maximum atomic E-state index is 2.59. The number of allylic oxidation sites excluding steroid dienone is 8. The molecule has 0 radical (unpaired) electrons. The zero-order valence-corrected chi connectivity index (χ0v) is 20.8. The largest absolute Gasteiger partial charge is 1.00 e. The first kappa shape index (κ1) is 22.6. The normalized spacial score (nSPS) is 16.6. The average molecular weight is 522 g/mol. The molecular weight excluding hydrogens is 494 g/mol. The Morgan fingerprint density at radius 3 is 1.50 bits per heavy atom. The van der Waals surface area contributed by atoms with E-state index in [0.717, 1.165) is 0 Å². The van der Waals surface area contributed by atoms with Crippen molar-refractivity contribution in [3.63, 3.8) is 0 Å². The number of halogens is 2. The van der Waals surface area contributed by atoms with Crippen LogP contribution in [0.2, 0.25) is 13.1 Å². The molecule has 2 aliphatic rings. The van der Waals surface area contributed by atoms with Crippen molar-refractivity contribution in [2.24, 2.45) is 0 Å². The Labute approximate surface area is 157 Å². The molecule has 0 saturated heterocycles. The first-order valence-corrected chi connectivity index (χ1v) is 19.5. The second kappa shape index (κ2) is 9.81. The fourth-order valence-electron chi connectivity index (χ4n) is 3.76. The van der Waals surface area contributed by atoms with Crippen LogP contribution in [-0.4, -0.2) is 5.49 Å². The summed E-state index contributed by atoms with van der Waals surface area (Å²) in [6.07, 6.45) is 10.1. The van der Waals surface area contributed by atoms with Crippen molar-refractivity contribution < 1.29 is 44.9 Å². The van der Waals surface area contributed by atoms with E-state index in [2.05, 4.69) is 52.9 Å². The first-order valence-electron chi connectivity index (χ1n) is 7.97. The van der Waals surface area contributed by atoms with Crippen LogP contribution in [0.5, 0.6) is 0 Å². The van der Waals surface area contributed by atoms with Gasteiger partial charge in [0.15, 0.2) is 0 Å². The van der Waals surface area contributed by atoms with Crippen LogP contribution in [0.3, 0.4) is 0 Å². The zero-order chi connectivity index (χ0) is 14.9. The van der Waals surface area contributed by atoms with Crippen molar-refractivity contribution in [1.29, 1.82) is 0 Å². The predicted molar refractivity (Wildman–Crippen MR) is 88.9 cm³/mol. The molecule has 2 rings (SSSR count). The van der Waals surface area contributed by atoms with Crippen LogP contribution in [0.1, 0.15) is 53.4 Å². The first-order chi connectivity index (χ1) is 9.51. The van der Waals surface area contributed by atoms with Gasteiger partial charge in [-0.05, 0) is 0 Å². The van der Waals surface area contributed by atoms with Crippen molar-refractivity contribution in [1.82, 2.24) is 0 Å². The molecule has 0 nitrogen and oxygen atoms in total. The Morgan fingerprint density at radius 2 is 1.23 bits per heavy atom. The fourth-order valence-corrected chi connectivity index (χ4v) is 30.5. The van der Waals surface area contributed by atoms with E-state index in [4.69, 9.17) is 0 Å². The van der Waals surface area contributed by atoms with Crippen molar-refractivity contribution >= 4 is 5.49 Å². The monoisotopic (exact) mass is 522 g/mol. The minimum atomic E-state index is -1.76. The van der Waals surface area contributed by atoms with Gasteiger partial charge in [0.2, 0.25) is 0 Å². The van der Waals surface area contributed by atoms with E-state index < -0.39 is 20.1 Å². The maximum absolute atomic E-state index is 2.59. The van der Waals surface area contributed by atoms with E-state index in [1.54, 1.807) is 22.3 Å². The summed E-state index contributed by atoms with van der Waals surface area (Å²) in [5.41, 5.74) is 6.56. The topological polar surface area (TPSA) is 0 Å². The van der Waals surface area contributed by atoms with Crippen LogP contribution in [0.25, 0.3) is 0 Å². The van der Waals surface area contributed by atoms with E-state index in [9.17, 15) is 0 Å². The molecule has 0 N–H and O–H groups in total. The average Bonchev–Trinajstić information content (AvgIpc) is 2.94. The molecule has 0 spiro atoms. The van der Waals surface area contributed by atoms with Gasteiger partial charge in [0.1, 0.15) is 0 Å². The second-order valence-corrected chi connectivity index (χ2v) is 30.1. The van der Waals surface area contributed by atoms with Crippen molar-refractivity contribution in [2.45, 2.75) is 66.5 Å². The van der Waals surface area contributed by atoms with Gasteiger partial charge < -0.3 is 24.8 Å². The summed E-state index contributed by atoms with van der Waals surface area (Å²) in [5, 5.41) is 0. The van der Waals surface area contributed by atoms with Crippen LogP contribution in [0.4, 0.5) is 0 Å². The summed E-state index contributed by atoms with van der Waals surface area (Å²) in [6, 6.07) is 0. The van der Waals surface area contributed by atoms with Gasteiger partial charge in [-0.25, -0.2) is 0 Å². The molecule has 0 amide bonds. The molecule has 0 fully saturated rings. The molecule has 0 bridgehead atoms. The van der Waals surface area contributed by atoms with Crippen LogP contribution >= 0.6 is 0 Å². The van der Waals surface area contributed by atoms with E-state index in [1.807, 2.05) is 6.66 Å². The summed E-state index contributed by atoms with van der Waals surface area (Å²) < 4.78 is 3.94. The van der Waals surface area contributed by atoms with Gasteiger partial charge in [-0.1, -0.05) is 0 Å². The van der Waals surface area contributed by atoms with Crippen molar-refractivity contribution in [3.8, 4) is 0 Å². The molecule has 0 aliphatic heterocycles. The second-order valence-electron chi connectivity index (χ2n) is 6.18. The molecule has 22 heavy (non-hydrogen) atoms. The van der Waals surface area contributed by atoms with Crippen LogP contribution in [-0.2, 0) is 20.1 Å². The van der Waals surface area contributed by atoms with E-state index in [0.29, 0.717) is 0 Å². The number of rotatable bonds is 4. The molecule has 0 atom stereocenters. The van der Waals surface area contributed by atoms with E-state index >= 15 is 0 Å². The summed E-state index contributed by atoms with van der Waals surface area (Å²) >= 11 is -1.76. The number of hydrogen-bond donors (Lipinski definition) is 0. The van der Waals surface area contributed by atoms with Crippen LogP contribution < -0.4 is 24.8 Å². The third kappa shape index (κ3) is 4.37. The Bertz CT molecular complexity index is 542. The number of hydrogen-bond acceptors (Lipinski definition) is 0. The molecule has 0 unspecified atom stereocenters. The fraction of sp³-hybridized carbons (Fsp3) is 0.556. The molecular formula is C18H28Cl2HfSi. The van der Waals surface area contributed by atoms with Gasteiger partial charge >= 0.3 is 133 Å². The molecule has 0 heterocycles. The van der Waals surface area contributed by atoms with Crippen LogP contribution in [0, 0.1) is 0 Å². The third-order valence-electron chi connectivity index (χ3n) is 4.72. The maximum Gasteiger partial charge on any atom is -1.00 e. The summed E-state index contributed by atoms with van der Waals surface area (Å²) in [6.45, 7) is 14.6. The van der Waals surface area contributed by atoms with Gasteiger partial charge in [-0.2, -0.15) is 0 Å². The van der Waals surface area contributed by atoms with Gasteiger partial charge in [-0.15, -0.1) is 0 Å². The summed E-state index contributed by atoms with van der Waals surface area (Å²) in [5.74, 6) is 0. The predicted octanol–water partition coefficient (Wildman–Crippen LogP) is -0.108. The quantitative estimate of drug-likeness (QED) is 0.453. The Balaban J connectivity index is 0.00000220. The minimum absolute atomic E-state index is 0. The molecule has 0 aromatic heterocycles. The van der Waals surface area contributed by atoms with Crippen molar-refractivity contribution in [2.75, 3.05) is 0 Å². The van der Waals surface area contributed by atoms with E-state index in [-0.39, 0.29) is 30.3 Å². The van der Waals surface area contributed by atoms with Gasteiger partial charge in [0.25, 0.3) is 0 Å². The molecule has 4 heteroatoms. The van der Waals surface area contributed by atoms with Crippen LogP contribution in [0.15, 0.2) is 41.1 Å². The van der Waals surface area contributed by atoms with Crippen molar-refractivity contribution in [3.05, 3.63) is 41.1 Å². The summed E-state index contributed by atoms with van der Waals surface area (Å²) in [7, 11) is 0. The standard InChI is InChI=1S/2C8H11.C2H6Si.2ClH.Hf/c2*1-3-8-6-4-5-7(8)2;1-3-2;;;/h2*5H,3-4H2,1-2H3;1-2H3;2*1H;/q;;;;;+2/p-2. The summed E-state index contributed by atoms with van der Waals surface area (Å²) in [4.78, 5) is 0. The molecule has 122 valence electrons. The molecule has 2 aliphatic carbocycles.